The Labute approximate surface area is 207 Å². The Hall–Kier alpha value is -3.03. The lowest BCUT2D eigenvalue weighted by atomic mass is 9.96. The van der Waals surface area contributed by atoms with Crippen molar-refractivity contribution in [3.05, 3.63) is 112 Å². The van der Waals surface area contributed by atoms with E-state index in [2.05, 4.69) is 90.9 Å². The molecule has 1 fully saturated rings. The zero-order valence-corrected chi connectivity index (χ0v) is 20.8. The van der Waals surface area contributed by atoms with Gasteiger partial charge in [-0.15, -0.1) is 0 Å². The van der Waals surface area contributed by atoms with E-state index in [9.17, 15) is 0 Å². The summed E-state index contributed by atoms with van der Waals surface area (Å²) in [5.41, 5.74) is 6.70. The molecule has 1 aliphatic heterocycles. The minimum Gasteiger partial charge on any atom is -0.352 e. The summed E-state index contributed by atoms with van der Waals surface area (Å²) in [7, 11) is 0. The Morgan fingerprint density at radius 1 is 0.970 bits per heavy atom. The van der Waals surface area contributed by atoms with Gasteiger partial charge in [0.1, 0.15) is 0 Å². The van der Waals surface area contributed by atoms with E-state index in [1.807, 2.05) is 42.7 Å². The zero-order chi connectivity index (χ0) is 22.9. The molecule has 0 unspecified atom stereocenters. The van der Waals surface area contributed by atoms with Crippen LogP contribution < -0.4 is 5.32 Å². The molecule has 5 rings (SSSR count). The second-order valence-corrected chi connectivity index (χ2v) is 9.52. The van der Waals surface area contributed by atoms with Crippen molar-refractivity contribution in [3.8, 4) is 5.69 Å². The first-order valence-corrected chi connectivity index (χ1v) is 12.1. The van der Waals surface area contributed by atoms with Crippen LogP contribution in [0, 0.1) is 13.8 Å². The van der Waals surface area contributed by atoms with E-state index in [1.165, 1.54) is 17.0 Å². The lowest BCUT2D eigenvalue weighted by molar-refractivity contribution is 0.307. The van der Waals surface area contributed by atoms with E-state index in [4.69, 9.17) is 12.2 Å². The second kappa shape index (κ2) is 9.08. The van der Waals surface area contributed by atoms with Crippen LogP contribution in [0.5, 0.6) is 0 Å². The van der Waals surface area contributed by atoms with Crippen LogP contribution in [0.15, 0.2) is 83.6 Å². The maximum absolute atomic E-state index is 5.83. The van der Waals surface area contributed by atoms with Crippen molar-refractivity contribution < 1.29 is 0 Å². The summed E-state index contributed by atoms with van der Waals surface area (Å²) in [5.74, 6) is 0. The number of aromatic nitrogens is 3. The average molecular weight is 518 g/mol. The third-order valence-corrected chi connectivity index (χ3v) is 7.01. The summed E-state index contributed by atoms with van der Waals surface area (Å²) in [6.45, 7) is 4.96. The van der Waals surface area contributed by atoms with Crippen LogP contribution >= 0.6 is 28.1 Å². The van der Waals surface area contributed by atoms with Gasteiger partial charge in [0.05, 0.1) is 30.0 Å². The SMILES string of the molecule is Cc1cc([C@@H]2[C@H](c3ccccn3)NC(=S)N2Cc2ccccn2)c(C)n1-c1ccc(Br)cc1. The van der Waals surface area contributed by atoms with Crippen LogP contribution in [0.3, 0.4) is 0 Å². The number of halogens is 1. The fraction of sp³-hybridized carbons (Fsp3) is 0.192. The molecular weight excluding hydrogens is 494 g/mol. The van der Waals surface area contributed by atoms with Crippen LogP contribution in [-0.4, -0.2) is 24.5 Å². The molecule has 1 aromatic carbocycles. The molecule has 0 amide bonds. The monoisotopic (exact) mass is 517 g/mol. The molecule has 0 spiro atoms. The van der Waals surface area contributed by atoms with E-state index >= 15 is 0 Å². The Kier molecular flexibility index (Phi) is 6.00. The fourth-order valence-corrected chi connectivity index (χ4v) is 5.22. The molecule has 0 bridgehead atoms. The first kappa shape index (κ1) is 21.8. The van der Waals surface area contributed by atoms with E-state index in [0.717, 1.165) is 26.7 Å². The van der Waals surface area contributed by atoms with Gasteiger partial charge in [0, 0.05) is 33.9 Å². The number of nitrogens with zero attached hydrogens (tertiary/aromatic N) is 4. The molecule has 0 saturated carbocycles. The standard InChI is InChI=1S/C26H24BrN5S/c1-17-15-22(18(2)32(17)21-11-9-19(27)10-12-21)25-24(23-8-4-6-14-29-23)30-26(33)31(25)16-20-7-3-5-13-28-20/h3-15,24-25H,16H2,1-2H3,(H,30,33)/t24-,25+/m0/s1. The molecule has 2 atom stereocenters. The quantitative estimate of drug-likeness (QED) is 0.338. The molecule has 33 heavy (non-hydrogen) atoms. The summed E-state index contributed by atoms with van der Waals surface area (Å²) in [6.07, 6.45) is 3.66. The minimum absolute atomic E-state index is 0.00944. The summed E-state index contributed by atoms with van der Waals surface area (Å²) >= 11 is 9.37. The second-order valence-electron chi connectivity index (χ2n) is 8.21. The molecule has 7 heteroatoms. The van der Waals surface area contributed by atoms with E-state index in [0.29, 0.717) is 6.54 Å². The van der Waals surface area contributed by atoms with E-state index in [-0.39, 0.29) is 12.1 Å². The van der Waals surface area contributed by atoms with Gasteiger partial charge in [-0.3, -0.25) is 9.97 Å². The van der Waals surface area contributed by atoms with Crippen molar-refractivity contribution in [2.45, 2.75) is 32.5 Å². The van der Waals surface area contributed by atoms with Gasteiger partial charge in [-0.25, -0.2) is 0 Å². The largest absolute Gasteiger partial charge is 0.352 e. The average Bonchev–Trinajstić information content (AvgIpc) is 3.31. The van der Waals surface area contributed by atoms with Crippen LogP contribution in [0.25, 0.3) is 5.69 Å². The van der Waals surface area contributed by atoms with Crippen LogP contribution in [0.2, 0.25) is 0 Å². The third kappa shape index (κ3) is 4.18. The number of pyridine rings is 2. The van der Waals surface area contributed by atoms with Gasteiger partial charge in [0.25, 0.3) is 0 Å². The molecule has 166 valence electrons. The molecule has 0 radical (unpaired) electrons. The molecule has 0 aliphatic carbocycles. The summed E-state index contributed by atoms with van der Waals surface area (Å²) < 4.78 is 3.37. The highest BCUT2D eigenvalue weighted by Gasteiger charge is 2.41. The topological polar surface area (TPSA) is 46.0 Å². The maximum Gasteiger partial charge on any atom is 0.170 e. The van der Waals surface area contributed by atoms with Gasteiger partial charge in [-0.1, -0.05) is 28.1 Å². The van der Waals surface area contributed by atoms with E-state index < -0.39 is 0 Å². The van der Waals surface area contributed by atoms with Crippen molar-refractivity contribution in [2.24, 2.45) is 0 Å². The normalized spacial score (nSPS) is 17.9. The number of nitrogens with one attached hydrogen (secondary N) is 1. The highest BCUT2D eigenvalue weighted by atomic mass is 79.9. The molecule has 4 aromatic rings. The first-order valence-electron chi connectivity index (χ1n) is 10.9. The highest BCUT2D eigenvalue weighted by molar-refractivity contribution is 9.10. The number of rotatable bonds is 5. The predicted octanol–water partition coefficient (Wildman–Crippen LogP) is 5.82. The highest BCUT2D eigenvalue weighted by Crippen LogP contribution is 2.42. The van der Waals surface area contributed by atoms with Gasteiger partial charge < -0.3 is 14.8 Å². The van der Waals surface area contributed by atoms with E-state index in [1.54, 1.807) is 0 Å². The van der Waals surface area contributed by atoms with Crippen molar-refractivity contribution in [1.82, 2.24) is 24.8 Å². The van der Waals surface area contributed by atoms with Gasteiger partial charge >= 0.3 is 0 Å². The van der Waals surface area contributed by atoms with Gasteiger partial charge in [0.2, 0.25) is 0 Å². The van der Waals surface area contributed by atoms with Gasteiger partial charge in [0.15, 0.2) is 5.11 Å². The maximum atomic E-state index is 5.83. The number of hydrogen-bond acceptors (Lipinski definition) is 3. The molecule has 3 aromatic heterocycles. The van der Waals surface area contributed by atoms with Crippen LogP contribution in [0.1, 0.15) is 40.4 Å². The third-order valence-electron chi connectivity index (χ3n) is 6.13. The minimum atomic E-state index is -0.0544. The van der Waals surface area contributed by atoms with Gasteiger partial charge in [-0.05, 0) is 86.2 Å². The lowest BCUT2D eigenvalue weighted by Crippen LogP contribution is -2.29. The zero-order valence-electron chi connectivity index (χ0n) is 18.4. The van der Waals surface area contributed by atoms with Crippen molar-refractivity contribution in [1.29, 1.82) is 0 Å². The Morgan fingerprint density at radius 2 is 1.70 bits per heavy atom. The molecule has 1 N–H and O–H groups in total. The number of thiocarbonyl (C=S) groups is 1. The summed E-state index contributed by atoms with van der Waals surface area (Å²) in [5, 5.41) is 4.26. The Balaban J connectivity index is 1.61. The molecule has 4 heterocycles. The van der Waals surface area contributed by atoms with Crippen molar-refractivity contribution in [2.75, 3.05) is 0 Å². The molecule has 5 nitrogen and oxygen atoms in total. The number of hydrogen-bond donors (Lipinski definition) is 1. The number of aryl methyl sites for hydroxylation is 1. The van der Waals surface area contributed by atoms with Crippen LogP contribution in [0.4, 0.5) is 0 Å². The van der Waals surface area contributed by atoms with Gasteiger partial charge in [-0.2, -0.15) is 0 Å². The van der Waals surface area contributed by atoms with Crippen LogP contribution in [-0.2, 0) is 6.54 Å². The number of benzene rings is 1. The molecular formula is C26H24BrN5S. The summed E-state index contributed by atoms with van der Waals surface area (Å²) in [6, 6.07) is 22.6. The first-order chi connectivity index (χ1) is 16.0. The Bertz CT molecular complexity index is 1270. The van der Waals surface area contributed by atoms with Crippen molar-refractivity contribution >= 4 is 33.3 Å². The predicted molar refractivity (Wildman–Crippen MR) is 138 cm³/mol. The summed E-state index contributed by atoms with van der Waals surface area (Å²) in [4.78, 5) is 11.5. The molecule has 1 aliphatic rings. The molecule has 1 saturated heterocycles. The lowest BCUT2D eigenvalue weighted by Gasteiger charge is -2.28. The van der Waals surface area contributed by atoms with Crippen molar-refractivity contribution in [3.63, 3.8) is 0 Å². The fourth-order valence-electron chi connectivity index (χ4n) is 4.66. The smallest absolute Gasteiger partial charge is 0.170 e. The Morgan fingerprint density at radius 3 is 2.36 bits per heavy atom.